The monoisotopic (exact) mass is 690 g/mol. The van der Waals surface area contributed by atoms with Gasteiger partial charge in [0.2, 0.25) is 0 Å². The summed E-state index contributed by atoms with van der Waals surface area (Å²) in [4.78, 5) is 27.4. The molecule has 4 aromatic rings. The molecule has 1 aliphatic carbocycles. The third-order valence-electron chi connectivity index (χ3n) is 8.80. The van der Waals surface area contributed by atoms with Gasteiger partial charge in [-0.1, -0.05) is 19.1 Å². The number of ketones is 1. The fourth-order valence-electron chi connectivity index (χ4n) is 5.89. The van der Waals surface area contributed by atoms with E-state index in [0.29, 0.717) is 50.1 Å². The zero-order chi connectivity index (χ0) is 33.8. The van der Waals surface area contributed by atoms with E-state index >= 15 is 4.39 Å². The number of thiophene rings is 1. The lowest BCUT2D eigenvalue weighted by molar-refractivity contribution is -0.118. The number of benzene rings is 1. The molecule has 0 radical (unpaired) electrons. The van der Waals surface area contributed by atoms with Crippen LogP contribution in [0, 0.1) is 11.7 Å². The van der Waals surface area contributed by atoms with Gasteiger partial charge in [0.25, 0.3) is 0 Å². The molecule has 0 unspecified atom stereocenters. The van der Waals surface area contributed by atoms with Gasteiger partial charge in [-0.05, 0) is 60.6 Å². The van der Waals surface area contributed by atoms with Gasteiger partial charge in [-0.25, -0.2) is 4.39 Å². The molecule has 2 aliphatic rings. The van der Waals surface area contributed by atoms with Crippen molar-refractivity contribution in [2.75, 3.05) is 72.4 Å². The van der Waals surface area contributed by atoms with Crippen LogP contribution < -0.4 is 4.74 Å². The number of carbonyl (C=O) groups is 1. The minimum Gasteiger partial charge on any atom is -0.453 e. The van der Waals surface area contributed by atoms with Crippen LogP contribution in [-0.4, -0.2) is 97.9 Å². The summed E-state index contributed by atoms with van der Waals surface area (Å²) >= 11 is 1.53. The topological polar surface area (TPSA) is 86.3 Å². The van der Waals surface area contributed by atoms with Crippen molar-refractivity contribution in [1.82, 2.24) is 19.8 Å². The lowest BCUT2D eigenvalue weighted by atomic mass is 10.0. The summed E-state index contributed by atoms with van der Waals surface area (Å²) in [6.07, 6.45) is 7.76. The molecule has 2 fully saturated rings. The smallest absolute Gasteiger partial charge is 0.166 e. The Morgan fingerprint density at radius 2 is 1.59 bits per heavy atom. The van der Waals surface area contributed by atoms with E-state index in [1.807, 2.05) is 12.3 Å². The summed E-state index contributed by atoms with van der Waals surface area (Å²) < 4.78 is 38.6. The Morgan fingerprint density at radius 3 is 2.31 bits per heavy atom. The number of ether oxygens (including phenoxy) is 4. The van der Waals surface area contributed by atoms with E-state index in [0.717, 1.165) is 92.5 Å². The summed E-state index contributed by atoms with van der Waals surface area (Å²) in [5, 5.41) is 0. The van der Waals surface area contributed by atoms with Gasteiger partial charge in [-0.3, -0.25) is 24.6 Å². The first kappa shape index (κ1) is 35.5. The molecule has 0 N–H and O–H groups in total. The highest BCUT2D eigenvalue weighted by Crippen LogP contribution is 2.39. The number of fused-ring (bicyclic) bond motifs is 1. The Hall–Kier alpha value is -3.32. The van der Waals surface area contributed by atoms with Crippen molar-refractivity contribution in [1.29, 1.82) is 0 Å². The number of nitrogens with zero attached hydrogens (tertiary/aromatic N) is 4. The highest BCUT2D eigenvalue weighted by atomic mass is 32.1. The average Bonchev–Trinajstić information content (AvgIpc) is 3.81. The van der Waals surface area contributed by atoms with Gasteiger partial charge in [0.1, 0.15) is 11.5 Å². The lowest BCUT2D eigenvalue weighted by Gasteiger charge is -2.34. The summed E-state index contributed by atoms with van der Waals surface area (Å²) in [6.45, 7) is 11.9. The Bertz CT molecular complexity index is 1640. The van der Waals surface area contributed by atoms with Gasteiger partial charge in [0.05, 0.1) is 53.8 Å². The predicted molar refractivity (Wildman–Crippen MR) is 190 cm³/mol. The first-order valence-electron chi connectivity index (χ1n) is 17.5. The highest BCUT2D eigenvalue weighted by molar-refractivity contribution is 7.22. The molecule has 0 spiro atoms. The fraction of sp³-hybridized carbons (Fsp3) is 0.500. The molecule has 0 atom stereocenters. The van der Waals surface area contributed by atoms with Gasteiger partial charge in [-0.15, -0.1) is 11.3 Å². The van der Waals surface area contributed by atoms with E-state index in [1.165, 1.54) is 23.0 Å². The molecule has 11 heteroatoms. The van der Waals surface area contributed by atoms with E-state index < -0.39 is 5.82 Å². The number of hydrogen-bond acceptors (Lipinski definition) is 10. The number of pyridine rings is 2. The van der Waals surface area contributed by atoms with Crippen LogP contribution in [0.3, 0.4) is 0 Å². The number of aromatic nitrogens is 2. The second kappa shape index (κ2) is 18.1. The van der Waals surface area contributed by atoms with Crippen LogP contribution in [0.1, 0.15) is 43.7 Å². The third-order valence-corrected chi connectivity index (χ3v) is 9.96. The van der Waals surface area contributed by atoms with E-state index in [1.54, 1.807) is 24.4 Å². The molecular weight excluding hydrogens is 644 g/mol. The average molecular weight is 691 g/mol. The maximum atomic E-state index is 15.0. The number of Topliss-reactive ketones (excluding diaryl/α,β-unsaturated/α-hetero) is 1. The molecule has 49 heavy (non-hydrogen) atoms. The summed E-state index contributed by atoms with van der Waals surface area (Å²) in [6, 6.07) is 12.7. The third kappa shape index (κ3) is 10.8. The van der Waals surface area contributed by atoms with Crippen molar-refractivity contribution in [3.8, 4) is 22.1 Å². The molecule has 0 bridgehead atoms. The van der Waals surface area contributed by atoms with Gasteiger partial charge >= 0.3 is 0 Å². The second-order valence-corrected chi connectivity index (χ2v) is 13.9. The van der Waals surface area contributed by atoms with Gasteiger partial charge in [-0.2, -0.15) is 0 Å². The standard InChI is InChI=1S/C38H47FN4O5S/c1-2-16-45-18-20-47-21-19-46-17-15-42-11-13-43(14-12-42)27-30-5-7-33(41-26-30)37-25-34-38(49-37)36(9-10-40-34)48-35-8-6-29(24-32(35)39)23-31(44)22-28-3-4-28/h5-10,24-26,28H,2-4,11-23,27H2,1H3. The Kier molecular flexibility index (Phi) is 13.1. The van der Waals surface area contributed by atoms with Crippen LogP contribution in [-0.2, 0) is 32.0 Å². The number of halogens is 1. The largest absolute Gasteiger partial charge is 0.453 e. The van der Waals surface area contributed by atoms with Crippen molar-refractivity contribution in [2.24, 2.45) is 5.92 Å². The molecule has 6 rings (SSSR count). The Morgan fingerprint density at radius 1 is 0.857 bits per heavy atom. The van der Waals surface area contributed by atoms with Gasteiger partial charge in [0, 0.05) is 77.2 Å². The van der Waals surface area contributed by atoms with Crippen molar-refractivity contribution in [3.63, 3.8) is 0 Å². The van der Waals surface area contributed by atoms with Crippen molar-refractivity contribution in [2.45, 2.75) is 45.6 Å². The molecule has 0 amide bonds. The molecule has 1 aliphatic heterocycles. The van der Waals surface area contributed by atoms with Crippen molar-refractivity contribution < 1.29 is 28.1 Å². The first-order valence-corrected chi connectivity index (χ1v) is 18.4. The molecule has 1 aromatic carbocycles. The normalized spacial score (nSPS) is 15.6. The SMILES string of the molecule is CCCOCCOCCOCCN1CCN(Cc2ccc(-c3cc4nccc(Oc5ccc(CC(=O)CC6CC6)cc5F)c4s3)nc2)CC1. The van der Waals surface area contributed by atoms with Crippen molar-refractivity contribution >= 4 is 27.3 Å². The number of rotatable bonds is 20. The summed E-state index contributed by atoms with van der Waals surface area (Å²) in [5.41, 5.74) is 3.49. The number of carbonyl (C=O) groups excluding carboxylic acids is 1. The van der Waals surface area contributed by atoms with Crippen LogP contribution in [0.5, 0.6) is 11.5 Å². The Labute approximate surface area is 292 Å². The maximum Gasteiger partial charge on any atom is 0.166 e. The van der Waals surface area contributed by atoms with E-state index in [4.69, 9.17) is 23.9 Å². The lowest BCUT2D eigenvalue weighted by Crippen LogP contribution is -2.46. The van der Waals surface area contributed by atoms with Crippen LogP contribution >= 0.6 is 11.3 Å². The molecule has 1 saturated carbocycles. The zero-order valence-electron chi connectivity index (χ0n) is 28.4. The van der Waals surface area contributed by atoms with E-state index in [2.05, 4.69) is 33.8 Å². The van der Waals surface area contributed by atoms with Crippen LogP contribution in [0.2, 0.25) is 0 Å². The predicted octanol–water partition coefficient (Wildman–Crippen LogP) is 6.78. The van der Waals surface area contributed by atoms with E-state index in [-0.39, 0.29) is 18.0 Å². The van der Waals surface area contributed by atoms with Gasteiger partial charge < -0.3 is 18.9 Å². The quantitative estimate of drug-likeness (QED) is 0.0932. The van der Waals surface area contributed by atoms with Gasteiger partial charge in [0.15, 0.2) is 11.6 Å². The summed E-state index contributed by atoms with van der Waals surface area (Å²) in [5.74, 6) is 0.879. The van der Waals surface area contributed by atoms with Crippen LogP contribution in [0.15, 0.2) is 54.9 Å². The van der Waals surface area contributed by atoms with E-state index in [9.17, 15) is 4.79 Å². The zero-order valence-corrected chi connectivity index (χ0v) is 29.2. The maximum absolute atomic E-state index is 15.0. The molecule has 1 saturated heterocycles. The highest BCUT2D eigenvalue weighted by Gasteiger charge is 2.24. The molecule has 4 heterocycles. The van der Waals surface area contributed by atoms with Crippen LogP contribution in [0.4, 0.5) is 4.39 Å². The van der Waals surface area contributed by atoms with Crippen molar-refractivity contribution in [3.05, 3.63) is 71.8 Å². The fourth-order valence-corrected chi connectivity index (χ4v) is 6.94. The minimum absolute atomic E-state index is 0.127. The van der Waals surface area contributed by atoms with Crippen LogP contribution in [0.25, 0.3) is 20.8 Å². The first-order chi connectivity index (χ1) is 24.0. The summed E-state index contributed by atoms with van der Waals surface area (Å²) in [7, 11) is 0. The molecular formula is C38H47FN4O5S. The molecule has 3 aromatic heterocycles. The number of hydrogen-bond donors (Lipinski definition) is 0. The second-order valence-electron chi connectivity index (χ2n) is 12.9. The minimum atomic E-state index is -0.479. The molecule has 9 nitrogen and oxygen atoms in total. The molecule has 262 valence electrons. The number of piperazine rings is 1. The Balaban J connectivity index is 0.947.